The quantitative estimate of drug-likeness (QED) is 0.0695. The second-order valence-corrected chi connectivity index (χ2v) is 26.3. The average molecular weight is 1140 g/mol. The number of halogens is 1. The fraction of sp³-hybridized carbons (Fsp3) is 0.855. The van der Waals surface area contributed by atoms with E-state index < -0.39 is 11.2 Å². The van der Waals surface area contributed by atoms with Crippen LogP contribution in [0.5, 0.6) is 0 Å². The van der Waals surface area contributed by atoms with E-state index in [2.05, 4.69) is 63.7 Å². The molecule has 0 saturated heterocycles. The summed E-state index contributed by atoms with van der Waals surface area (Å²) < 4.78 is 0. The van der Waals surface area contributed by atoms with Crippen LogP contribution in [0.1, 0.15) is 173 Å². The number of carbonyl (C=O) groups excluding carboxylic acids is 3. The summed E-state index contributed by atoms with van der Waals surface area (Å²) in [6, 6.07) is 0. The van der Waals surface area contributed by atoms with Crippen molar-refractivity contribution in [1.29, 1.82) is 0 Å². The molecule has 16 heteroatoms. The Morgan fingerprint density at radius 2 is 1.14 bits per heavy atom. The topological polar surface area (TPSA) is 187 Å². The minimum Gasteiger partial charge on any atom is -1.00 e. The Morgan fingerprint density at radius 1 is 0.718 bits per heavy atom. The second-order valence-electron chi connectivity index (χ2n) is 23.8. The molecule has 0 spiro atoms. The molecule has 396 valence electrons. The van der Waals surface area contributed by atoms with Crippen molar-refractivity contribution >= 4 is 76.1 Å². The van der Waals surface area contributed by atoms with Crippen LogP contribution in [0.4, 0.5) is 0 Å². The van der Waals surface area contributed by atoms with Gasteiger partial charge in [0, 0.05) is 41.6 Å². The predicted octanol–water partition coefficient (Wildman–Crippen LogP) is 5.18. The number of allylic oxidation sites excluding steroid dienone is 1. The molecule has 0 bridgehead atoms. The van der Waals surface area contributed by atoms with Crippen molar-refractivity contribution in [2.24, 2.45) is 102 Å². The molecule has 0 unspecified atom stereocenters. The largest absolute Gasteiger partial charge is 1.00 e. The Kier molecular flexibility index (Phi) is 28.3. The molecule has 16 atom stereocenters. The first kappa shape index (κ1) is 68.8. The molecule has 1 heterocycles. The van der Waals surface area contributed by atoms with Gasteiger partial charge in [0.15, 0.2) is 5.78 Å². The summed E-state index contributed by atoms with van der Waals surface area (Å²) in [4.78, 5) is 42.3. The van der Waals surface area contributed by atoms with Gasteiger partial charge in [0.05, 0.1) is 28.3 Å². The number of rotatable bonds is 9. The summed E-state index contributed by atoms with van der Waals surface area (Å²) in [7, 11) is 0. The van der Waals surface area contributed by atoms with Crippen molar-refractivity contribution in [3.8, 4) is 0 Å². The second kappa shape index (κ2) is 29.2. The summed E-state index contributed by atoms with van der Waals surface area (Å²) in [6.45, 7) is 14.1. The van der Waals surface area contributed by atoms with Gasteiger partial charge in [0.2, 0.25) is 0 Å². The maximum absolute atomic E-state index is 13.2. The zero-order valence-electron chi connectivity index (χ0n) is 44.9. The van der Waals surface area contributed by atoms with Crippen LogP contribution in [-0.4, -0.2) is 87.7 Å². The van der Waals surface area contributed by atoms with E-state index in [0.717, 1.165) is 73.0 Å². The van der Waals surface area contributed by atoms with Crippen molar-refractivity contribution in [3.05, 3.63) is 11.1 Å². The Balaban J connectivity index is 0.000000568. The van der Waals surface area contributed by atoms with Gasteiger partial charge < -0.3 is 27.5 Å². The van der Waals surface area contributed by atoms with Crippen molar-refractivity contribution < 1.29 is 139 Å². The van der Waals surface area contributed by atoms with Gasteiger partial charge in [-0.05, 0) is 211 Å². The van der Waals surface area contributed by atoms with Crippen LogP contribution in [0.2, 0.25) is 0 Å². The van der Waals surface area contributed by atoms with E-state index in [0.29, 0.717) is 50.7 Å². The molecule has 0 aromatic heterocycles. The monoisotopic (exact) mass is 1140 g/mol. The molecule has 8 fully saturated rings. The van der Waals surface area contributed by atoms with Gasteiger partial charge >= 0.3 is 103 Å². The Hall–Kier alpha value is 1.69. The molecule has 11 nitrogen and oxygen atoms in total. The number of aliphatic hydroxyl groups is 2. The van der Waals surface area contributed by atoms with Crippen molar-refractivity contribution in [1.82, 2.24) is 0 Å². The van der Waals surface area contributed by atoms with Gasteiger partial charge in [-0.1, -0.05) is 58.5 Å². The van der Waals surface area contributed by atoms with E-state index in [1.54, 1.807) is 35.9 Å². The molecule has 71 heavy (non-hydrogen) atoms. The molecule has 8 aliphatic carbocycles. The number of hydrogen-bond acceptors (Lipinski definition) is 13. The number of nitrogens with two attached hydrogens (primary N) is 1. The minimum absolute atomic E-state index is 0. The summed E-state index contributed by atoms with van der Waals surface area (Å²) in [5.74, 6) is 7.16. The van der Waals surface area contributed by atoms with Crippen molar-refractivity contribution in [3.63, 3.8) is 0 Å². The van der Waals surface area contributed by atoms with E-state index in [1.807, 2.05) is 38.8 Å². The van der Waals surface area contributed by atoms with Gasteiger partial charge in [-0.3, -0.25) is 19.4 Å². The third kappa shape index (κ3) is 15.1. The summed E-state index contributed by atoms with van der Waals surface area (Å²) in [5.41, 5.74) is 5.86. The average Bonchev–Trinajstić information content (AvgIpc) is 4.06. The Labute approximate surface area is 533 Å². The first-order valence-electron chi connectivity index (χ1n) is 25.5. The molecule has 0 aromatic carbocycles. The molecule has 9 rings (SSSR count). The number of Topliss-reactive ketones (excluding diaryl/α,β-unsaturated/α-hetero) is 2. The van der Waals surface area contributed by atoms with Crippen LogP contribution < -0.4 is 114 Å². The Bertz CT molecular complexity index is 1870. The van der Waals surface area contributed by atoms with Gasteiger partial charge in [0.1, 0.15) is 5.78 Å². The third-order valence-electron chi connectivity index (χ3n) is 20.5. The van der Waals surface area contributed by atoms with Crippen LogP contribution in [-0.2, 0) is 19.3 Å². The van der Waals surface area contributed by atoms with E-state index in [-0.39, 0.29) is 155 Å². The van der Waals surface area contributed by atoms with Crippen molar-refractivity contribution in [2.75, 3.05) is 24.4 Å². The maximum Gasteiger partial charge on any atom is 1.00 e. The normalized spacial score (nSPS) is 42.4. The molecule has 0 amide bonds. The van der Waals surface area contributed by atoms with E-state index in [9.17, 15) is 19.8 Å². The maximum atomic E-state index is 13.2. The van der Waals surface area contributed by atoms with Gasteiger partial charge in [-0.2, -0.15) is 22.0 Å². The fourth-order valence-corrected chi connectivity index (χ4v) is 17.9. The smallest absolute Gasteiger partial charge is 1.00 e. The number of nitrogens with zero attached hydrogens (tertiary/aromatic N) is 3. The van der Waals surface area contributed by atoms with Crippen LogP contribution >= 0.6 is 39.5 Å². The number of fused-ring (bicyclic) bond motifs is 10. The number of ketones is 2. The van der Waals surface area contributed by atoms with Crippen LogP contribution in [0, 0.1) is 80.8 Å². The zero-order valence-corrected chi connectivity index (χ0v) is 53.4. The number of hydrogen-bond donors (Lipinski definition) is 3. The fourth-order valence-electron chi connectivity index (χ4n) is 16.9. The SMILES string of the molecule is C.C.CSC(C=NCC(=O)[C@H]1CC[C@H]2[C@@H]3CC[C@H]4C[C@](C)(O)CC[C@]4(C)[C@H]3CC[C@]12C)=CN.CSC1C=NN=C1.C[C@@]1(O)CC[C@@]2(C)[C@@H](CC[C@@H]3[C@@H]2CC[C@]2(C)[C@@H](C(=O)CBr)CC[C@@H]32)C1.O=CO[O-].[H-].[K+].[K+]. The first-order chi connectivity index (χ1) is 31.7. The molecule has 0 aromatic rings. The Morgan fingerprint density at radius 3 is 1.51 bits per heavy atom. The molecule has 1 aliphatic heterocycles. The summed E-state index contributed by atoms with van der Waals surface area (Å²) >= 11 is 6.71. The van der Waals surface area contributed by atoms with Crippen LogP contribution in [0.15, 0.2) is 26.3 Å². The molecule has 9 aliphatic rings. The molecule has 8 saturated carbocycles. The van der Waals surface area contributed by atoms with Crippen LogP contribution in [0.25, 0.3) is 0 Å². The zero-order chi connectivity index (χ0) is 49.0. The van der Waals surface area contributed by atoms with Gasteiger partial charge in [0.25, 0.3) is 6.47 Å². The number of thioether (sulfide) groups is 2. The molecular formula is C55H93BrK2N4O7S2. The minimum atomic E-state index is -0.471. The predicted molar refractivity (Wildman–Crippen MR) is 291 cm³/mol. The van der Waals surface area contributed by atoms with Crippen molar-refractivity contribution in [2.45, 2.75) is 188 Å². The third-order valence-corrected chi connectivity index (χ3v) is 22.5. The van der Waals surface area contributed by atoms with E-state index in [4.69, 9.17) is 15.8 Å². The van der Waals surface area contributed by atoms with E-state index >= 15 is 0 Å². The van der Waals surface area contributed by atoms with E-state index in [1.165, 1.54) is 77.0 Å². The molecule has 4 N–H and O–H groups in total. The summed E-state index contributed by atoms with van der Waals surface area (Å²) in [5, 5.41) is 38.0. The summed E-state index contributed by atoms with van der Waals surface area (Å²) in [6.07, 6.45) is 32.0. The molecular weight excluding hydrogens is 1050 g/mol. The van der Waals surface area contributed by atoms with Crippen LogP contribution in [0.3, 0.4) is 0 Å². The number of alkyl halides is 1. The number of aliphatic imine (C=N–C) groups is 1. The molecule has 0 radical (unpaired) electrons. The van der Waals surface area contributed by atoms with Gasteiger partial charge in [-0.15, -0.1) is 11.8 Å². The standard InChI is InChI=1S/C26H42N2O2S.C22H35BrO2.C4H6N2S.CH2O3.2CH4.2K.H/c1-24(30)11-12-25(2)17(13-24)5-6-19-20-7-8-22(26(20,3)10-9-21(19)25)23(29)16-28-15-18(14-27)31-4;1-20(25)10-11-21(2)14(12-20)4-5-15-16-6-7-18(19(24)13-23)22(16,3)9-8-17(15)21;1-7-4-2-5-6-3-4;2-1-4-3;;;;;/h14-15,17,19-22,30H,5-13,16,27H2,1-4H3;14-18,25H,4-13H2,1-3H3;2-4H,1H3;1,3H;2*1H4;;;/q;;;;;;2*+1;-1/p-1/t17-,19-,20-,21-,22+,24+,25-,26-;14-,15-,16-,17-,18+,20+,21-,22-;;;;;;;/m00......./s1. The number of carbonyl (C=O) groups is 3. The van der Waals surface area contributed by atoms with Gasteiger partial charge in [-0.25, -0.2) is 0 Å². The first-order valence-corrected chi connectivity index (χ1v) is 29.2.